The highest BCUT2D eigenvalue weighted by Crippen LogP contribution is 2.32. The number of benzene rings is 2. The third-order valence-corrected chi connectivity index (χ3v) is 7.35. The molecule has 1 N–H and O–H groups in total. The number of halogens is 2. The van der Waals surface area contributed by atoms with Crippen LogP contribution in [0.15, 0.2) is 42.7 Å². The molecule has 0 radical (unpaired) electrons. The molecule has 2 aromatic carbocycles. The molecule has 0 bridgehead atoms. The van der Waals surface area contributed by atoms with Crippen molar-refractivity contribution in [2.24, 2.45) is 0 Å². The van der Waals surface area contributed by atoms with Crippen molar-refractivity contribution in [3.05, 3.63) is 58.3 Å². The molecule has 6 nitrogen and oxygen atoms in total. The Labute approximate surface area is 198 Å². The molecule has 2 aliphatic heterocycles. The van der Waals surface area contributed by atoms with Gasteiger partial charge in [-0.25, -0.2) is 4.98 Å². The van der Waals surface area contributed by atoms with Gasteiger partial charge in [0.1, 0.15) is 0 Å². The second kappa shape index (κ2) is 8.58. The molecule has 1 aromatic heterocycles. The lowest BCUT2D eigenvalue weighted by Crippen LogP contribution is -2.61. The zero-order valence-electron chi connectivity index (χ0n) is 18.3. The van der Waals surface area contributed by atoms with Crippen LogP contribution in [0.25, 0.3) is 11.0 Å². The maximum Gasteiger partial charge on any atom is 0.240 e. The van der Waals surface area contributed by atoms with Crippen molar-refractivity contribution in [3.63, 3.8) is 0 Å². The zero-order valence-corrected chi connectivity index (χ0v) is 19.8. The number of rotatable bonds is 4. The fourth-order valence-corrected chi connectivity index (χ4v) is 5.30. The van der Waals surface area contributed by atoms with Crippen LogP contribution < -0.4 is 10.2 Å². The van der Waals surface area contributed by atoms with Crippen LogP contribution in [0.3, 0.4) is 0 Å². The average Bonchev–Trinajstić information content (AvgIpc) is 3.15. The van der Waals surface area contributed by atoms with Crippen LogP contribution >= 0.6 is 23.2 Å². The van der Waals surface area contributed by atoms with Gasteiger partial charge in [-0.1, -0.05) is 29.3 Å². The number of imidazole rings is 1. The molecular weight excluding hydrogens is 445 g/mol. The van der Waals surface area contributed by atoms with Crippen LogP contribution in [0.1, 0.15) is 31.9 Å². The molecule has 3 aromatic rings. The number of nitrogens with one attached hydrogen (secondary N) is 1. The monoisotopic (exact) mass is 471 g/mol. The van der Waals surface area contributed by atoms with Gasteiger partial charge < -0.3 is 19.7 Å². The Balaban J connectivity index is 1.38. The molecule has 0 spiro atoms. The van der Waals surface area contributed by atoms with Crippen molar-refractivity contribution in [1.82, 2.24) is 19.8 Å². The van der Waals surface area contributed by atoms with Gasteiger partial charge in [-0.15, -0.1) is 0 Å². The summed E-state index contributed by atoms with van der Waals surface area (Å²) in [5.41, 5.74) is 4.16. The number of piperazine rings is 1. The van der Waals surface area contributed by atoms with Gasteiger partial charge in [-0.2, -0.15) is 0 Å². The Bertz CT molecular complexity index is 1160. The van der Waals surface area contributed by atoms with Gasteiger partial charge in [0.25, 0.3) is 0 Å². The summed E-state index contributed by atoms with van der Waals surface area (Å²) in [4.78, 5) is 21.7. The molecule has 8 heteroatoms. The van der Waals surface area contributed by atoms with E-state index in [2.05, 4.69) is 51.8 Å². The SMILES string of the molecule is C[C@@H]1CN(c2ccc3ncn([C@H](C)c4ccc(Cl)cc4Cl)c3c2)CCN1C(=O)C1CCN1. The van der Waals surface area contributed by atoms with Crippen molar-refractivity contribution in [2.75, 3.05) is 31.1 Å². The molecule has 5 rings (SSSR count). The molecule has 0 saturated carbocycles. The van der Waals surface area contributed by atoms with E-state index in [1.807, 2.05) is 23.4 Å². The lowest BCUT2D eigenvalue weighted by molar-refractivity contribution is -0.137. The van der Waals surface area contributed by atoms with Gasteiger partial charge in [-0.05, 0) is 62.7 Å². The quantitative estimate of drug-likeness (QED) is 0.614. The molecule has 1 amide bonds. The highest BCUT2D eigenvalue weighted by atomic mass is 35.5. The van der Waals surface area contributed by atoms with Crippen LogP contribution in [-0.4, -0.2) is 58.6 Å². The van der Waals surface area contributed by atoms with Crippen molar-refractivity contribution in [3.8, 4) is 0 Å². The molecule has 2 aliphatic rings. The fourth-order valence-electron chi connectivity index (χ4n) is 4.73. The van der Waals surface area contributed by atoms with Crippen LogP contribution in [0, 0.1) is 0 Å². The summed E-state index contributed by atoms with van der Waals surface area (Å²) < 4.78 is 2.15. The Hall–Kier alpha value is -2.28. The van der Waals surface area contributed by atoms with Crippen LogP contribution in [-0.2, 0) is 4.79 Å². The first-order chi connectivity index (χ1) is 15.4. The third-order valence-electron chi connectivity index (χ3n) is 6.79. The zero-order chi connectivity index (χ0) is 22.4. The van der Waals surface area contributed by atoms with Crippen LogP contribution in [0.2, 0.25) is 10.0 Å². The first kappa shape index (κ1) is 21.6. The maximum atomic E-state index is 12.7. The van der Waals surface area contributed by atoms with Gasteiger partial charge in [0.2, 0.25) is 5.91 Å². The maximum absolute atomic E-state index is 12.7. The average molecular weight is 472 g/mol. The number of aromatic nitrogens is 2. The van der Waals surface area contributed by atoms with Crippen LogP contribution in [0.4, 0.5) is 5.69 Å². The van der Waals surface area contributed by atoms with Gasteiger partial charge >= 0.3 is 0 Å². The largest absolute Gasteiger partial charge is 0.368 e. The summed E-state index contributed by atoms with van der Waals surface area (Å²) in [5.74, 6) is 0.241. The van der Waals surface area contributed by atoms with E-state index in [4.69, 9.17) is 23.2 Å². The fraction of sp³-hybridized carbons (Fsp3) is 0.417. The summed E-state index contributed by atoms with van der Waals surface area (Å²) in [6.45, 7) is 7.57. The number of anilines is 1. The third kappa shape index (κ3) is 3.85. The van der Waals surface area contributed by atoms with Gasteiger partial charge in [-0.3, -0.25) is 4.79 Å². The minimum atomic E-state index is 0.0101. The summed E-state index contributed by atoms with van der Waals surface area (Å²) in [6.07, 6.45) is 2.82. The molecule has 32 heavy (non-hydrogen) atoms. The molecule has 3 atom stereocenters. The van der Waals surface area contributed by atoms with Crippen LogP contribution in [0.5, 0.6) is 0 Å². The lowest BCUT2D eigenvalue weighted by Gasteiger charge is -2.43. The predicted octanol–water partition coefficient (Wildman–Crippen LogP) is 4.35. The number of nitrogens with zero attached hydrogens (tertiary/aromatic N) is 4. The van der Waals surface area contributed by atoms with Gasteiger partial charge in [0.15, 0.2) is 0 Å². The Kier molecular flexibility index (Phi) is 5.78. The first-order valence-electron chi connectivity index (χ1n) is 11.1. The molecule has 1 unspecified atom stereocenters. The Morgan fingerprint density at radius 2 is 2.00 bits per heavy atom. The topological polar surface area (TPSA) is 53.4 Å². The molecule has 168 valence electrons. The van der Waals surface area contributed by atoms with E-state index in [1.165, 1.54) is 0 Å². The molecule has 2 fully saturated rings. The number of amides is 1. The van der Waals surface area contributed by atoms with E-state index in [0.29, 0.717) is 10.0 Å². The van der Waals surface area contributed by atoms with E-state index < -0.39 is 0 Å². The highest BCUT2D eigenvalue weighted by Gasteiger charge is 2.34. The smallest absolute Gasteiger partial charge is 0.240 e. The number of hydrogen-bond donors (Lipinski definition) is 1. The number of hydrogen-bond acceptors (Lipinski definition) is 4. The summed E-state index contributed by atoms with van der Waals surface area (Å²) in [5, 5.41) is 4.51. The number of carbonyl (C=O) groups is 1. The molecule has 3 heterocycles. The van der Waals surface area contributed by atoms with E-state index in [0.717, 1.165) is 54.9 Å². The Morgan fingerprint density at radius 1 is 1.19 bits per heavy atom. The summed E-state index contributed by atoms with van der Waals surface area (Å²) in [7, 11) is 0. The first-order valence-corrected chi connectivity index (χ1v) is 11.9. The minimum absolute atomic E-state index is 0.0101. The van der Waals surface area contributed by atoms with Crippen molar-refractivity contribution < 1.29 is 4.79 Å². The standard InChI is InChI=1S/C24H27Cl2N5O/c1-15-13-29(9-10-30(15)24(32)22-7-8-27-22)18-4-6-21-23(12-18)31(14-28-21)16(2)19-5-3-17(25)11-20(19)26/h3-6,11-12,14-16,22,27H,7-10,13H2,1-2H3/t15-,16-,22?/m1/s1. The molecule has 0 aliphatic carbocycles. The summed E-state index contributed by atoms with van der Waals surface area (Å²) >= 11 is 12.6. The van der Waals surface area contributed by atoms with E-state index >= 15 is 0 Å². The lowest BCUT2D eigenvalue weighted by atomic mass is 10.0. The second-order valence-corrected chi connectivity index (χ2v) is 9.63. The molecular formula is C24H27Cl2N5O. The van der Waals surface area contributed by atoms with Crippen molar-refractivity contribution in [2.45, 2.75) is 38.4 Å². The van der Waals surface area contributed by atoms with Gasteiger partial charge in [0, 0.05) is 41.4 Å². The van der Waals surface area contributed by atoms with E-state index in [9.17, 15) is 4.79 Å². The van der Waals surface area contributed by atoms with Crippen molar-refractivity contribution >= 4 is 45.8 Å². The summed E-state index contributed by atoms with van der Waals surface area (Å²) in [6, 6.07) is 12.2. The van der Waals surface area contributed by atoms with Crippen molar-refractivity contribution in [1.29, 1.82) is 0 Å². The minimum Gasteiger partial charge on any atom is -0.368 e. The van der Waals surface area contributed by atoms with E-state index in [1.54, 1.807) is 6.07 Å². The molecule has 2 saturated heterocycles. The van der Waals surface area contributed by atoms with E-state index in [-0.39, 0.29) is 24.0 Å². The second-order valence-electron chi connectivity index (χ2n) is 8.79. The number of fused-ring (bicyclic) bond motifs is 1. The highest BCUT2D eigenvalue weighted by molar-refractivity contribution is 6.35. The number of carbonyl (C=O) groups excluding carboxylic acids is 1. The van der Waals surface area contributed by atoms with Gasteiger partial charge in [0.05, 0.1) is 29.4 Å². The predicted molar refractivity (Wildman–Crippen MR) is 130 cm³/mol. The Morgan fingerprint density at radius 3 is 2.69 bits per heavy atom. The normalized spacial score (nSPS) is 22.1.